The lowest BCUT2D eigenvalue weighted by molar-refractivity contribution is -0.00432. The molecule has 0 saturated carbocycles. The highest BCUT2D eigenvalue weighted by atomic mass is 16.5. The van der Waals surface area contributed by atoms with Gasteiger partial charge >= 0.3 is 0 Å². The molecule has 0 radical (unpaired) electrons. The number of hydrogen-bond acceptors (Lipinski definition) is 5. The van der Waals surface area contributed by atoms with Crippen LogP contribution in [0.4, 0.5) is 0 Å². The number of benzene rings is 2. The van der Waals surface area contributed by atoms with Gasteiger partial charge in [-0.3, -0.25) is 4.79 Å². The summed E-state index contributed by atoms with van der Waals surface area (Å²) in [7, 11) is 4.58. The summed E-state index contributed by atoms with van der Waals surface area (Å²) in [6.45, 7) is 0. The van der Waals surface area contributed by atoms with Gasteiger partial charge in [-0.2, -0.15) is 0 Å². The maximum absolute atomic E-state index is 12.4. The summed E-state index contributed by atoms with van der Waals surface area (Å²) in [6, 6.07) is 13.6. The molecule has 5 heteroatoms. The van der Waals surface area contributed by atoms with Crippen LogP contribution in [-0.4, -0.2) is 38.3 Å². The van der Waals surface area contributed by atoms with E-state index in [1.54, 1.807) is 62.8 Å². The second kappa shape index (κ2) is 7.76. The molecule has 0 amide bonds. The van der Waals surface area contributed by atoms with E-state index >= 15 is 0 Å². The molecule has 0 spiro atoms. The first kappa shape index (κ1) is 17.0. The number of aliphatic hydroxyl groups excluding tert-OH is 1. The summed E-state index contributed by atoms with van der Waals surface area (Å²) in [6.07, 6.45) is -2.06. The average Bonchev–Trinajstić information content (AvgIpc) is 2.62. The molecule has 0 bridgehead atoms. The van der Waals surface area contributed by atoms with Crippen molar-refractivity contribution in [2.24, 2.45) is 0 Å². The molecule has 1 N–H and O–H groups in total. The van der Waals surface area contributed by atoms with Crippen molar-refractivity contribution in [3.05, 3.63) is 59.7 Å². The average molecular weight is 316 g/mol. The Morgan fingerprint density at radius 3 is 1.78 bits per heavy atom. The van der Waals surface area contributed by atoms with Gasteiger partial charge in [-0.25, -0.2) is 0 Å². The zero-order valence-electron chi connectivity index (χ0n) is 13.4. The highest BCUT2D eigenvalue weighted by Crippen LogP contribution is 2.25. The van der Waals surface area contributed by atoms with E-state index in [4.69, 9.17) is 14.2 Å². The zero-order valence-corrected chi connectivity index (χ0v) is 13.4. The minimum Gasteiger partial charge on any atom is -0.497 e. The first-order valence-electron chi connectivity index (χ1n) is 7.13. The number of aliphatic hydroxyl groups is 1. The Labute approximate surface area is 135 Å². The lowest BCUT2D eigenvalue weighted by atomic mass is 9.97. The molecule has 122 valence electrons. The van der Waals surface area contributed by atoms with Crippen molar-refractivity contribution in [2.45, 2.75) is 12.2 Å². The third kappa shape index (κ3) is 3.88. The van der Waals surface area contributed by atoms with Crippen molar-refractivity contribution in [2.75, 3.05) is 21.3 Å². The summed E-state index contributed by atoms with van der Waals surface area (Å²) in [5.41, 5.74) is 1.09. The molecule has 0 saturated heterocycles. The van der Waals surface area contributed by atoms with Crippen LogP contribution in [0.1, 0.15) is 22.0 Å². The fraction of sp³-hybridized carbons (Fsp3) is 0.278. The van der Waals surface area contributed by atoms with Crippen LogP contribution in [0.2, 0.25) is 0 Å². The van der Waals surface area contributed by atoms with Gasteiger partial charge in [-0.15, -0.1) is 0 Å². The first-order chi connectivity index (χ1) is 11.1. The van der Waals surface area contributed by atoms with Crippen molar-refractivity contribution >= 4 is 5.78 Å². The fourth-order valence-electron chi connectivity index (χ4n) is 2.30. The van der Waals surface area contributed by atoms with Crippen molar-refractivity contribution in [1.82, 2.24) is 0 Å². The van der Waals surface area contributed by atoms with E-state index < -0.39 is 18.0 Å². The van der Waals surface area contributed by atoms with Gasteiger partial charge in [0.1, 0.15) is 23.7 Å². The molecule has 0 aliphatic rings. The topological polar surface area (TPSA) is 65.0 Å². The molecular formula is C18H20O5. The molecular weight excluding hydrogens is 296 g/mol. The number of ketones is 1. The molecule has 0 fully saturated rings. The van der Waals surface area contributed by atoms with Crippen molar-refractivity contribution in [3.63, 3.8) is 0 Å². The molecule has 2 aromatic carbocycles. The van der Waals surface area contributed by atoms with E-state index in [2.05, 4.69) is 0 Å². The number of methoxy groups -OCH3 is 3. The molecule has 0 aliphatic carbocycles. The van der Waals surface area contributed by atoms with Crippen molar-refractivity contribution in [1.29, 1.82) is 0 Å². The predicted molar refractivity (Wildman–Crippen MR) is 86.1 cm³/mol. The largest absolute Gasteiger partial charge is 0.497 e. The summed E-state index contributed by atoms with van der Waals surface area (Å²) < 4.78 is 15.5. The number of Topliss-reactive ketones (excluding diaryl/α,β-unsaturated/α-hetero) is 1. The number of carbonyl (C=O) groups excluding carboxylic acids is 1. The third-order valence-electron chi connectivity index (χ3n) is 3.63. The minimum absolute atomic E-state index is 0.397. The Hall–Kier alpha value is -2.37. The van der Waals surface area contributed by atoms with E-state index in [0.29, 0.717) is 22.6 Å². The monoisotopic (exact) mass is 316 g/mol. The van der Waals surface area contributed by atoms with E-state index in [9.17, 15) is 9.90 Å². The van der Waals surface area contributed by atoms with Crippen molar-refractivity contribution < 1.29 is 24.1 Å². The van der Waals surface area contributed by atoms with Crippen LogP contribution < -0.4 is 9.47 Å². The molecule has 23 heavy (non-hydrogen) atoms. The maximum Gasteiger partial charge on any atom is 0.194 e. The standard InChI is InChI=1S/C18H20O5/c1-21-14-8-4-12(5-9-14)16(19)17(20)18(23-3)13-6-10-15(22-2)11-7-13/h4-11,17-18,20H,1-3H3/t17-,18-/m0/s1. The number of rotatable bonds is 7. The van der Waals surface area contributed by atoms with Gasteiger partial charge in [0.15, 0.2) is 5.78 Å². The van der Waals surface area contributed by atoms with Gasteiger partial charge in [0.05, 0.1) is 14.2 Å². The highest BCUT2D eigenvalue weighted by molar-refractivity contribution is 5.99. The maximum atomic E-state index is 12.4. The normalized spacial score (nSPS) is 13.2. The van der Waals surface area contributed by atoms with Crippen molar-refractivity contribution in [3.8, 4) is 11.5 Å². The summed E-state index contributed by atoms with van der Waals surface area (Å²) in [5, 5.41) is 10.4. The quantitative estimate of drug-likeness (QED) is 0.796. The van der Waals surface area contributed by atoms with E-state index in [1.165, 1.54) is 7.11 Å². The van der Waals surface area contributed by atoms with E-state index in [0.717, 1.165) is 0 Å². The Bertz CT molecular complexity index is 633. The van der Waals surface area contributed by atoms with E-state index in [1.807, 2.05) is 0 Å². The van der Waals surface area contributed by atoms with Gasteiger partial charge in [0.2, 0.25) is 0 Å². The van der Waals surface area contributed by atoms with Gasteiger partial charge in [0.25, 0.3) is 0 Å². The SMILES string of the molecule is COc1ccc(C(=O)[C@H](O)[C@@H](OC)c2ccc(OC)cc2)cc1. The molecule has 0 heterocycles. The lowest BCUT2D eigenvalue weighted by Crippen LogP contribution is -2.29. The molecule has 2 atom stereocenters. The van der Waals surface area contributed by atoms with Crippen LogP contribution >= 0.6 is 0 Å². The Kier molecular flexibility index (Phi) is 5.73. The Balaban J connectivity index is 2.19. The van der Waals surface area contributed by atoms with Crippen LogP contribution in [-0.2, 0) is 4.74 Å². The summed E-state index contributed by atoms with van der Waals surface area (Å²) in [5.74, 6) is 0.935. The number of ether oxygens (including phenoxy) is 3. The lowest BCUT2D eigenvalue weighted by Gasteiger charge is -2.21. The smallest absolute Gasteiger partial charge is 0.194 e. The fourth-order valence-corrected chi connectivity index (χ4v) is 2.30. The minimum atomic E-state index is -1.30. The van der Waals surface area contributed by atoms with Crippen LogP contribution in [0.5, 0.6) is 11.5 Å². The zero-order chi connectivity index (χ0) is 16.8. The van der Waals surface area contributed by atoms with Gasteiger partial charge in [0, 0.05) is 12.7 Å². The third-order valence-corrected chi connectivity index (χ3v) is 3.63. The molecule has 2 rings (SSSR count). The Morgan fingerprint density at radius 2 is 1.35 bits per heavy atom. The second-order valence-corrected chi connectivity index (χ2v) is 4.97. The summed E-state index contributed by atoms with van der Waals surface area (Å²) >= 11 is 0. The van der Waals surface area contributed by atoms with Crippen LogP contribution in [0.15, 0.2) is 48.5 Å². The second-order valence-electron chi connectivity index (χ2n) is 4.97. The van der Waals surface area contributed by atoms with E-state index in [-0.39, 0.29) is 0 Å². The molecule has 5 nitrogen and oxygen atoms in total. The molecule has 0 aliphatic heterocycles. The van der Waals surface area contributed by atoms with Gasteiger partial charge in [-0.1, -0.05) is 12.1 Å². The molecule has 0 aromatic heterocycles. The van der Waals surface area contributed by atoms with Crippen LogP contribution in [0, 0.1) is 0 Å². The van der Waals surface area contributed by atoms with Crippen LogP contribution in [0.3, 0.4) is 0 Å². The summed E-state index contributed by atoms with van der Waals surface area (Å²) in [4.78, 5) is 12.4. The van der Waals surface area contributed by atoms with Crippen LogP contribution in [0.25, 0.3) is 0 Å². The number of hydrogen-bond donors (Lipinski definition) is 1. The molecule has 2 aromatic rings. The number of carbonyl (C=O) groups is 1. The first-order valence-corrected chi connectivity index (χ1v) is 7.13. The van der Waals surface area contributed by atoms with Gasteiger partial charge in [-0.05, 0) is 42.0 Å². The predicted octanol–water partition coefficient (Wildman–Crippen LogP) is 2.64. The highest BCUT2D eigenvalue weighted by Gasteiger charge is 2.28. The molecule has 0 unspecified atom stereocenters. The Morgan fingerprint density at radius 1 is 0.870 bits per heavy atom. The van der Waals surface area contributed by atoms with Gasteiger partial charge < -0.3 is 19.3 Å².